The van der Waals surface area contributed by atoms with E-state index in [-0.39, 0.29) is 24.3 Å². The van der Waals surface area contributed by atoms with Crippen LogP contribution in [0.15, 0.2) is 47.1 Å². The molecule has 0 radical (unpaired) electrons. The SMILES string of the molecule is O=CCCC(Nc1ccccc1C(=O)c1cc(Br)ccn1)C(=O)O. The second-order valence-corrected chi connectivity index (χ2v) is 5.93. The third kappa shape index (κ3) is 4.48. The molecule has 1 atom stereocenters. The summed E-state index contributed by atoms with van der Waals surface area (Å²) in [5.41, 5.74) is 0.960. The van der Waals surface area contributed by atoms with Gasteiger partial charge in [-0.25, -0.2) is 4.79 Å². The van der Waals surface area contributed by atoms with E-state index < -0.39 is 12.0 Å². The van der Waals surface area contributed by atoms with Gasteiger partial charge < -0.3 is 15.2 Å². The van der Waals surface area contributed by atoms with Gasteiger partial charge in [-0.05, 0) is 30.7 Å². The summed E-state index contributed by atoms with van der Waals surface area (Å²) in [7, 11) is 0. The van der Waals surface area contributed by atoms with Crippen molar-refractivity contribution in [2.24, 2.45) is 0 Å². The molecule has 1 heterocycles. The highest BCUT2D eigenvalue weighted by Crippen LogP contribution is 2.21. The molecule has 124 valence electrons. The van der Waals surface area contributed by atoms with Crippen LogP contribution in [-0.2, 0) is 9.59 Å². The zero-order valence-corrected chi connectivity index (χ0v) is 14.2. The number of hydrogen-bond donors (Lipinski definition) is 2. The number of carbonyl (C=O) groups excluding carboxylic acids is 2. The molecule has 2 rings (SSSR count). The number of ketones is 1. The number of anilines is 1. The first kappa shape index (κ1) is 17.8. The van der Waals surface area contributed by atoms with Crippen molar-refractivity contribution in [1.29, 1.82) is 0 Å². The lowest BCUT2D eigenvalue weighted by atomic mass is 10.0. The van der Waals surface area contributed by atoms with Crippen LogP contribution >= 0.6 is 15.9 Å². The number of nitrogens with zero attached hydrogens (tertiary/aromatic N) is 1. The topological polar surface area (TPSA) is 96.4 Å². The number of pyridine rings is 1. The normalized spacial score (nSPS) is 11.5. The lowest BCUT2D eigenvalue weighted by molar-refractivity contribution is -0.138. The molecule has 7 heteroatoms. The first-order valence-electron chi connectivity index (χ1n) is 7.21. The Morgan fingerprint density at radius 3 is 2.71 bits per heavy atom. The number of aromatic nitrogens is 1. The zero-order valence-electron chi connectivity index (χ0n) is 12.6. The van der Waals surface area contributed by atoms with Crippen molar-refractivity contribution in [3.63, 3.8) is 0 Å². The van der Waals surface area contributed by atoms with Gasteiger partial charge in [0.2, 0.25) is 5.78 Å². The predicted molar refractivity (Wildman–Crippen MR) is 92.2 cm³/mol. The van der Waals surface area contributed by atoms with Gasteiger partial charge in [0, 0.05) is 28.3 Å². The quantitative estimate of drug-likeness (QED) is 0.531. The largest absolute Gasteiger partial charge is 0.480 e. The summed E-state index contributed by atoms with van der Waals surface area (Å²) in [5, 5.41) is 12.1. The molecule has 0 aliphatic carbocycles. The molecule has 0 amide bonds. The fourth-order valence-corrected chi connectivity index (χ4v) is 2.49. The maximum Gasteiger partial charge on any atom is 0.326 e. The highest BCUT2D eigenvalue weighted by Gasteiger charge is 2.21. The number of rotatable bonds is 8. The van der Waals surface area contributed by atoms with Gasteiger partial charge in [-0.15, -0.1) is 0 Å². The number of carboxylic acids is 1. The fourth-order valence-electron chi connectivity index (χ4n) is 2.15. The fraction of sp³-hybridized carbons (Fsp3) is 0.176. The highest BCUT2D eigenvalue weighted by atomic mass is 79.9. The number of nitrogens with one attached hydrogen (secondary N) is 1. The Morgan fingerprint density at radius 1 is 1.29 bits per heavy atom. The van der Waals surface area contributed by atoms with Crippen molar-refractivity contribution < 1.29 is 19.5 Å². The molecule has 1 aromatic carbocycles. The third-order valence-electron chi connectivity index (χ3n) is 3.33. The molecule has 0 fully saturated rings. The van der Waals surface area contributed by atoms with Gasteiger partial charge >= 0.3 is 5.97 Å². The number of carboxylic acid groups (broad SMARTS) is 1. The summed E-state index contributed by atoms with van der Waals surface area (Å²) in [6.07, 6.45) is 2.43. The van der Waals surface area contributed by atoms with Crippen LogP contribution in [-0.4, -0.2) is 34.2 Å². The van der Waals surface area contributed by atoms with Crippen molar-refractivity contribution >= 4 is 39.7 Å². The number of halogens is 1. The summed E-state index contributed by atoms with van der Waals surface area (Å²) in [5.74, 6) is -1.40. The van der Waals surface area contributed by atoms with Gasteiger partial charge in [0.05, 0.1) is 0 Å². The van der Waals surface area contributed by atoms with Crippen LogP contribution in [0.1, 0.15) is 28.9 Å². The molecule has 0 aliphatic rings. The van der Waals surface area contributed by atoms with E-state index in [2.05, 4.69) is 26.2 Å². The Kier molecular flexibility index (Phi) is 6.20. The van der Waals surface area contributed by atoms with E-state index in [9.17, 15) is 19.5 Å². The van der Waals surface area contributed by atoms with E-state index in [1.54, 1.807) is 36.4 Å². The Balaban J connectivity index is 2.31. The second kappa shape index (κ2) is 8.35. The van der Waals surface area contributed by atoms with Crippen molar-refractivity contribution in [1.82, 2.24) is 4.98 Å². The predicted octanol–water partition coefficient (Wildman–Crippen LogP) is 2.92. The van der Waals surface area contributed by atoms with Gasteiger partial charge in [-0.1, -0.05) is 28.1 Å². The summed E-state index contributed by atoms with van der Waals surface area (Å²) in [4.78, 5) is 38.5. The van der Waals surface area contributed by atoms with Crippen LogP contribution in [0.2, 0.25) is 0 Å². The van der Waals surface area contributed by atoms with E-state index in [4.69, 9.17) is 0 Å². The van der Waals surface area contributed by atoms with E-state index in [0.717, 1.165) is 4.47 Å². The standard InChI is InChI=1S/C17H15BrN2O4/c18-11-7-8-19-15(10-11)16(22)12-4-1-2-5-13(12)20-14(17(23)24)6-3-9-21/h1-2,4-5,7-10,14,20H,3,6H2,(H,23,24). The molecule has 1 aromatic heterocycles. The molecule has 6 nitrogen and oxygen atoms in total. The lowest BCUT2D eigenvalue weighted by Crippen LogP contribution is -2.30. The maximum atomic E-state index is 12.7. The van der Waals surface area contributed by atoms with Gasteiger partial charge in [0.1, 0.15) is 18.0 Å². The molecular weight excluding hydrogens is 376 g/mol. The zero-order chi connectivity index (χ0) is 17.5. The Hall–Kier alpha value is -2.54. The van der Waals surface area contributed by atoms with Crippen molar-refractivity contribution in [3.05, 3.63) is 58.3 Å². The lowest BCUT2D eigenvalue weighted by Gasteiger charge is -2.17. The maximum absolute atomic E-state index is 12.7. The monoisotopic (exact) mass is 390 g/mol. The van der Waals surface area contributed by atoms with Crippen LogP contribution in [0.25, 0.3) is 0 Å². The first-order chi connectivity index (χ1) is 11.5. The molecule has 24 heavy (non-hydrogen) atoms. The number of carbonyl (C=O) groups is 3. The molecule has 2 N–H and O–H groups in total. The first-order valence-corrected chi connectivity index (χ1v) is 8.00. The summed E-state index contributed by atoms with van der Waals surface area (Å²) < 4.78 is 0.723. The van der Waals surface area contributed by atoms with Crippen molar-refractivity contribution in [3.8, 4) is 0 Å². The summed E-state index contributed by atoms with van der Waals surface area (Å²) in [6.45, 7) is 0. The van der Waals surface area contributed by atoms with Gasteiger partial charge in [-0.3, -0.25) is 9.78 Å². The van der Waals surface area contributed by atoms with E-state index >= 15 is 0 Å². The average Bonchev–Trinajstić information content (AvgIpc) is 2.58. The summed E-state index contributed by atoms with van der Waals surface area (Å²) >= 11 is 3.29. The molecule has 0 bridgehead atoms. The number of aliphatic carboxylic acids is 1. The Bertz CT molecular complexity index is 764. The van der Waals surface area contributed by atoms with Crippen LogP contribution in [0.5, 0.6) is 0 Å². The van der Waals surface area contributed by atoms with Crippen molar-refractivity contribution in [2.45, 2.75) is 18.9 Å². The van der Waals surface area contributed by atoms with Gasteiger partial charge in [-0.2, -0.15) is 0 Å². The molecule has 1 unspecified atom stereocenters. The summed E-state index contributed by atoms with van der Waals surface area (Å²) in [6, 6.07) is 8.97. The average molecular weight is 391 g/mol. The highest BCUT2D eigenvalue weighted by molar-refractivity contribution is 9.10. The third-order valence-corrected chi connectivity index (χ3v) is 3.82. The van der Waals surface area contributed by atoms with Gasteiger partial charge in [0.25, 0.3) is 0 Å². The molecule has 0 spiro atoms. The smallest absolute Gasteiger partial charge is 0.326 e. The van der Waals surface area contributed by atoms with E-state index in [1.165, 1.54) is 6.20 Å². The van der Waals surface area contributed by atoms with E-state index in [0.29, 0.717) is 17.5 Å². The number of hydrogen-bond acceptors (Lipinski definition) is 5. The van der Waals surface area contributed by atoms with Crippen LogP contribution in [0, 0.1) is 0 Å². The molecule has 0 saturated heterocycles. The van der Waals surface area contributed by atoms with E-state index in [1.807, 2.05) is 0 Å². The molecule has 2 aromatic rings. The van der Waals surface area contributed by atoms with Crippen LogP contribution < -0.4 is 5.32 Å². The Labute approximate surface area is 147 Å². The molecular formula is C17H15BrN2O4. The van der Waals surface area contributed by atoms with Gasteiger partial charge in [0.15, 0.2) is 0 Å². The Morgan fingerprint density at radius 2 is 2.04 bits per heavy atom. The van der Waals surface area contributed by atoms with Crippen molar-refractivity contribution in [2.75, 3.05) is 5.32 Å². The minimum Gasteiger partial charge on any atom is -0.480 e. The molecule has 0 saturated carbocycles. The number of para-hydroxylation sites is 1. The minimum atomic E-state index is -1.08. The second-order valence-electron chi connectivity index (χ2n) is 5.01. The molecule has 0 aliphatic heterocycles. The number of aldehydes is 1. The van der Waals surface area contributed by atoms with Crippen LogP contribution in [0.3, 0.4) is 0 Å². The van der Waals surface area contributed by atoms with Crippen LogP contribution in [0.4, 0.5) is 5.69 Å². The minimum absolute atomic E-state index is 0.118. The number of benzene rings is 1.